The summed E-state index contributed by atoms with van der Waals surface area (Å²) in [6.45, 7) is 4.28. The summed E-state index contributed by atoms with van der Waals surface area (Å²) < 4.78 is 12.3. The molecule has 6 nitrogen and oxygen atoms in total. The minimum Gasteiger partial charge on any atom is -0.449 e. The molecule has 2 heterocycles. The van der Waals surface area contributed by atoms with Crippen molar-refractivity contribution in [2.45, 2.75) is 83.8 Å². The lowest BCUT2D eigenvalue weighted by Gasteiger charge is -2.22. The number of rotatable bonds is 11. The molecule has 0 saturated heterocycles. The number of aromatic nitrogens is 2. The smallest absolute Gasteiger partial charge is 0.248 e. The zero-order chi connectivity index (χ0) is 20.7. The summed E-state index contributed by atoms with van der Waals surface area (Å²) in [4.78, 5) is 8.06. The van der Waals surface area contributed by atoms with Crippen LogP contribution in [-0.2, 0) is 6.42 Å². The zero-order valence-electron chi connectivity index (χ0n) is 17.7. The van der Waals surface area contributed by atoms with Crippen molar-refractivity contribution in [2.75, 3.05) is 11.5 Å². The summed E-state index contributed by atoms with van der Waals surface area (Å²) in [5, 5.41) is 0. The minimum atomic E-state index is -0.577. The number of anilines is 2. The van der Waals surface area contributed by atoms with Crippen LogP contribution < -0.4 is 20.9 Å². The molecule has 4 N–H and O–H groups in total. The molecule has 0 spiro atoms. The fourth-order valence-corrected chi connectivity index (χ4v) is 3.78. The highest BCUT2D eigenvalue weighted by Gasteiger charge is 2.36. The average Bonchev–Trinajstić information content (AvgIpc) is 3.02. The number of nitrogen functional groups attached to an aromatic ring is 2. The Balaban J connectivity index is 1.48. The molecule has 0 saturated carbocycles. The normalized spacial score (nSPS) is 17.6. The lowest BCUT2D eigenvalue weighted by molar-refractivity contribution is -0.0696. The van der Waals surface area contributed by atoms with Crippen molar-refractivity contribution >= 4 is 11.8 Å². The molecule has 158 valence electrons. The first-order valence-corrected chi connectivity index (χ1v) is 10.9. The lowest BCUT2D eigenvalue weighted by Crippen LogP contribution is -2.34. The largest absolute Gasteiger partial charge is 0.449 e. The van der Waals surface area contributed by atoms with Crippen molar-refractivity contribution in [3.05, 3.63) is 35.5 Å². The number of benzene rings is 1. The van der Waals surface area contributed by atoms with Crippen LogP contribution in [0.2, 0.25) is 0 Å². The highest BCUT2D eigenvalue weighted by molar-refractivity contribution is 5.49. The molecule has 0 bridgehead atoms. The van der Waals surface area contributed by atoms with Crippen LogP contribution in [0.15, 0.2) is 24.4 Å². The molecule has 0 radical (unpaired) electrons. The van der Waals surface area contributed by atoms with Crippen LogP contribution in [0.4, 0.5) is 11.8 Å². The molecular formula is C23H34N4O2. The summed E-state index contributed by atoms with van der Waals surface area (Å²) in [5.41, 5.74) is 13.4. The first-order valence-electron chi connectivity index (χ1n) is 10.9. The number of unbranched alkanes of at least 4 members (excludes halogenated alkanes) is 7. The third-order valence-electron chi connectivity index (χ3n) is 5.46. The van der Waals surface area contributed by atoms with E-state index >= 15 is 0 Å². The third-order valence-corrected chi connectivity index (χ3v) is 5.46. The van der Waals surface area contributed by atoms with Crippen molar-refractivity contribution in [3.63, 3.8) is 0 Å². The summed E-state index contributed by atoms with van der Waals surface area (Å²) in [6.07, 6.45) is 13.5. The van der Waals surface area contributed by atoms with E-state index in [0.29, 0.717) is 12.2 Å². The molecule has 1 aromatic carbocycles. The van der Waals surface area contributed by atoms with Gasteiger partial charge in [-0.2, -0.15) is 4.98 Å². The quantitative estimate of drug-likeness (QED) is 0.502. The van der Waals surface area contributed by atoms with Crippen LogP contribution in [0.25, 0.3) is 0 Å². The third kappa shape index (κ3) is 5.99. The van der Waals surface area contributed by atoms with Gasteiger partial charge in [0.25, 0.3) is 0 Å². The van der Waals surface area contributed by atoms with E-state index in [1.165, 1.54) is 44.9 Å². The summed E-state index contributed by atoms with van der Waals surface area (Å²) in [7, 11) is 0. The molecule has 0 fully saturated rings. The molecular weight excluding hydrogens is 364 g/mol. The maximum Gasteiger partial charge on any atom is 0.248 e. The molecule has 29 heavy (non-hydrogen) atoms. The van der Waals surface area contributed by atoms with Crippen molar-refractivity contribution in [1.82, 2.24) is 9.97 Å². The lowest BCUT2D eigenvalue weighted by atomic mass is 10.0. The maximum absolute atomic E-state index is 6.18. The Labute approximate surface area is 174 Å². The summed E-state index contributed by atoms with van der Waals surface area (Å²) in [6, 6.07) is 6.02. The number of hydrogen-bond donors (Lipinski definition) is 2. The Morgan fingerprint density at radius 1 is 0.931 bits per heavy atom. The Kier molecular flexibility index (Phi) is 7.18. The number of nitrogens with two attached hydrogens (primary N) is 2. The summed E-state index contributed by atoms with van der Waals surface area (Å²) >= 11 is 0. The van der Waals surface area contributed by atoms with Gasteiger partial charge < -0.3 is 20.9 Å². The van der Waals surface area contributed by atoms with E-state index in [0.717, 1.165) is 35.5 Å². The SMILES string of the molecule is CCCCCCCCCCC1(C)Oc2ccc(Cc3cnc(N)nc3N)cc2O1. The minimum absolute atomic E-state index is 0.189. The van der Waals surface area contributed by atoms with E-state index in [1.54, 1.807) is 6.20 Å². The first-order chi connectivity index (χ1) is 14.0. The second-order valence-corrected chi connectivity index (χ2v) is 8.16. The van der Waals surface area contributed by atoms with Gasteiger partial charge in [-0.15, -0.1) is 0 Å². The van der Waals surface area contributed by atoms with Gasteiger partial charge in [-0.25, -0.2) is 4.98 Å². The van der Waals surface area contributed by atoms with Crippen LogP contribution in [0.3, 0.4) is 0 Å². The van der Waals surface area contributed by atoms with Crippen LogP contribution in [0, 0.1) is 0 Å². The van der Waals surface area contributed by atoms with E-state index < -0.39 is 5.79 Å². The van der Waals surface area contributed by atoms with Crippen LogP contribution in [-0.4, -0.2) is 15.8 Å². The number of fused-ring (bicyclic) bond motifs is 1. The van der Waals surface area contributed by atoms with Crippen molar-refractivity contribution in [3.8, 4) is 11.5 Å². The van der Waals surface area contributed by atoms with Gasteiger partial charge >= 0.3 is 0 Å². The van der Waals surface area contributed by atoms with Gasteiger partial charge in [0.1, 0.15) is 5.82 Å². The zero-order valence-corrected chi connectivity index (χ0v) is 17.7. The van der Waals surface area contributed by atoms with E-state index in [9.17, 15) is 0 Å². The van der Waals surface area contributed by atoms with E-state index in [1.807, 2.05) is 25.1 Å². The molecule has 0 amide bonds. The predicted molar refractivity (Wildman–Crippen MR) is 117 cm³/mol. The highest BCUT2D eigenvalue weighted by Crippen LogP contribution is 2.42. The molecule has 1 unspecified atom stereocenters. The van der Waals surface area contributed by atoms with Crippen molar-refractivity contribution in [1.29, 1.82) is 0 Å². The molecule has 1 aromatic heterocycles. The average molecular weight is 399 g/mol. The van der Waals surface area contributed by atoms with E-state index in [-0.39, 0.29) is 5.95 Å². The molecule has 1 aliphatic heterocycles. The fourth-order valence-electron chi connectivity index (χ4n) is 3.78. The standard InChI is InChI=1S/C23H34N4O2/c1-3-4-5-6-7-8-9-10-13-23(2)28-19-12-11-17(15-20(19)29-23)14-18-16-26-22(25)27-21(18)24/h11-12,15-16H,3-10,13-14H2,1-2H3,(H4,24,25,26,27). The van der Waals surface area contributed by atoms with Gasteiger partial charge in [-0.05, 0) is 24.1 Å². The van der Waals surface area contributed by atoms with E-state index in [4.69, 9.17) is 20.9 Å². The fraction of sp³-hybridized carbons (Fsp3) is 0.565. The number of ether oxygens (including phenoxy) is 2. The van der Waals surface area contributed by atoms with Crippen LogP contribution in [0.5, 0.6) is 11.5 Å². The van der Waals surface area contributed by atoms with Crippen molar-refractivity contribution in [2.24, 2.45) is 0 Å². The Bertz CT molecular complexity index is 811. The maximum atomic E-state index is 6.18. The molecule has 1 atom stereocenters. The van der Waals surface area contributed by atoms with Gasteiger partial charge in [-0.3, -0.25) is 0 Å². The van der Waals surface area contributed by atoms with Crippen LogP contribution >= 0.6 is 0 Å². The Morgan fingerprint density at radius 3 is 2.34 bits per heavy atom. The molecule has 0 aliphatic carbocycles. The van der Waals surface area contributed by atoms with Gasteiger partial charge in [0.2, 0.25) is 11.7 Å². The van der Waals surface area contributed by atoms with Crippen LogP contribution in [0.1, 0.15) is 82.8 Å². The highest BCUT2D eigenvalue weighted by atomic mass is 16.7. The van der Waals surface area contributed by atoms with Gasteiger partial charge in [-0.1, -0.05) is 57.9 Å². The second kappa shape index (κ2) is 9.81. The van der Waals surface area contributed by atoms with Crippen molar-refractivity contribution < 1.29 is 9.47 Å². The molecule has 3 rings (SSSR count). The van der Waals surface area contributed by atoms with E-state index in [2.05, 4.69) is 16.9 Å². The predicted octanol–water partition coefficient (Wildman–Crippen LogP) is 5.25. The monoisotopic (exact) mass is 398 g/mol. The van der Waals surface area contributed by atoms with Gasteiger partial charge in [0.05, 0.1) is 0 Å². The topological polar surface area (TPSA) is 96.3 Å². The molecule has 6 heteroatoms. The Morgan fingerprint density at radius 2 is 1.62 bits per heavy atom. The van der Waals surface area contributed by atoms with Gasteiger partial charge in [0, 0.05) is 31.5 Å². The molecule has 2 aromatic rings. The second-order valence-electron chi connectivity index (χ2n) is 8.16. The Hall–Kier alpha value is -2.50. The molecule has 1 aliphatic rings. The number of nitrogens with zero attached hydrogens (tertiary/aromatic N) is 2. The van der Waals surface area contributed by atoms with Gasteiger partial charge in [0.15, 0.2) is 11.5 Å². The summed E-state index contributed by atoms with van der Waals surface area (Å²) in [5.74, 6) is 1.62. The number of hydrogen-bond acceptors (Lipinski definition) is 6. The first kappa shape index (κ1) is 21.2.